The van der Waals surface area contributed by atoms with Crippen LogP contribution in [0.1, 0.15) is 50.4 Å². The van der Waals surface area contributed by atoms with Crippen molar-refractivity contribution < 1.29 is 4.79 Å². The molecule has 0 atom stereocenters. The van der Waals surface area contributed by atoms with E-state index in [1.165, 1.54) is 19.3 Å². The Hall–Kier alpha value is -1.38. The van der Waals surface area contributed by atoms with Crippen molar-refractivity contribution in [3.05, 3.63) is 23.9 Å². The highest BCUT2D eigenvalue weighted by Crippen LogP contribution is 2.35. The molecular formula is C15H22N2O. The van der Waals surface area contributed by atoms with Crippen LogP contribution in [0, 0.1) is 5.41 Å². The molecule has 3 heteroatoms. The third-order valence-electron chi connectivity index (χ3n) is 4.29. The van der Waals surface area contributed by atoms with Gasteiger partial charge < -0.3 is 4.90 Å². The monoisotopic (exact) mass is 246 g/mol. The molecule has 0 amide bonds. The first-order valence-electron chi connectivity index (χ1n) is 6.77. The standard InChI is InChI=1S/C15H22N2O/c1-4-15(3)7-10-17(11-8-15)14-13(12(2)18)6-5-9-16-14/h5-6,9H,4,7-8,10-11H2,1-3H3. The number of aromatic nitrogens is 1. The van der Waals surface area contributed by atoms with Crippen LogP contribution in [0.4, 0.5) is 5.82 Å². The highest BCUT2D eigenvalue weighted by atomic mass is 16.1. The lowest BCUT2D eigenvalue weighted by Crippen LogP contribution is -2.39. The van der Waals surface area contributed by atoms with E-state index >= 15 is 0 Å². The zero-order valence-electron chi connectivity index (χ0n) is 11.6. The lowest BCUT2D eigenvalue weighted by Gasteiger charge is -2.39. The summed E-state index contributed by atoms with van der Waals surface area (Å²) in [6.45, 7) is 8.23. The van der Waals surface area contributed by atoms with E-state index in [9.17, 15) is 4.79 Å². The molecule has 1 aliphatic rings. The number of pyridine rings is 1. The largest absolute Gasteiger partial charge is 0.356 e. The molecule has 1 fully saturated rings. The van der Waals surface area contributed by atoms with E-state index in [1.54, 1.807) is 13.1 Å². The zero-order valence-corrected chi connectivity index (χ0v) is 11.6. The molecule has 1 aromatic rings. The van der Waals surface area contributed by atoms with Gasteiger partial charge in [-0.25, -0.2) is 4.98 Å². The van der Waals surface area contributed by atoms with Crippen molar-refractivity contribution >= 4 is 11.6 Å². The minimum Gasteiger partial charge on any atom is -0.356 e. The smallest absolute Gasteiger partial charge is 0.163 e. The molecule has 98 valence electrons. The molecule has 1 saturated heterocycles. The molecule has 18 heavy (non-hydrogen) atoms. The number of anilines is 1. The van der Waals surface area contributed by atoms with Crippen LogP contribution in [0.3, 0.4) is 0 Å². The van der Waals surface area contributed by atoms with Crippen molar-refractivity contribution in [2.45, 2.75) is 40.0 Å². The third-order valence-corrected chi connectivity index (χ3v) is 4.29. The minimum atomic E-state index is 0.0990. The molecular weight excluding hydrogens is 224 g/mol. The molecule has 0 aliphatic carbocycles. The molecule has 2 rings (SSSR count). The van der Waals surface area contributed by atoms with Crippen LogP contribution < -0.4 is 4.90 Å². The third kappa shape index (κ3) is 2.55. The van der Waals surface area contributed by atoms with E-state index in [2.05, 4.69) is 23.7 Å². The Bertz CT molecular complexity index is 434. The summed E-state index contributed by atoms with van der Waals surface area (Å²) in [7, 11) is 0. The SMILES string of the molecule is CCC1(C)CCN(c2ncccc2C(C)=O)CC1. The Morgan fingerprint density at radius 3 is 2.67 bits per heavy atom. The van der Waals surface area contributed by atoms with Gasteiger partial charge in [0.1, 0.15) is 5.82 Å². The predicted molar refractivity (Wildman–Crippen MR) is 74.1 cm³/mol. The maximum atomic E-state index is 11.6. The number of piperidine rings is 1. The maximum absolute atomic E-state index is 11.6. The van der Waals surface area contributed by atoms with E-state index in [0.29, 0.717) is 5.41 Å². The van der Waals surface area contributed by atoms with Crippen molar-refractivity contribution in [1.82, 2.24) is 4.98 Å². The summed E-state index contributed by atoms with van der Waals surface area (Å²) in [4.78, 5) is 18.3. The number of nitrogens with zero attached hydrogens (tertiary/aromatic N) is 2. The van der Waals surface area contributed by atoms with Crippen LogP contribution in [-0.4, -0.2) is 23.9 Å². The number of hydrogen-bond donors (Lipinski definition) is 0. The van der Waals surface area contributed by atoms with Crippen LogP contribution in [0.15, 0.2) is 18.3 Å². The van der Waals surface area contributed by atoms with E-state index in [-0.39, 0.29) is 5.78 Å². The lowest BCUT2D eigenvalue weighted by atomic mass is 9.78. The van der Waals surface area contributed by atoms with E-state index in [4.69, 9.17) is 0 Å². The molecule has 1 aliphatic heterocycles. The van der Waals surface area contributed by atoms with Crippen LogP contribution in [0.25, 0.3) is 0 Å². The van der Waals surface area contributed by atoms with Gasteiger partial charge in [0.05, 0.1) is 5.56 Å². The Kier molecular flexibility index (Phi) is 3.69. The first kappa shape index (κ1) is 13.1. The van der Waals surface area contributed by atoms with Gasteiger partial charge in [-0.15, -0.1) is 0 Å². The summed E-state index contributed by atoms with van der Waals surface area (Å²) < 4.78 is 0. The fourth-order valence-corrected chi connectivity index (χ4v) is 2.54. The minimum absolute atomic E-state index is 0.0990. The molecule has 3 nitrogen and oxygen atoms in total. The first-order chi connectivity index (χ1) is 8.56. The van der Waals surface area contributed by atoms with Crippen LogP contribution in [0.5, 0.6) is 0 Å². The molecule has 0 bridgehead atoms. The van der Waals surface area contributed by atoms with E-state index < -0.39 is 0 Å². The van der Waals surface area contributed by atoms with Gasteiger partial charge in [0, 0.05) is 19.3 Å². The van der Waals surface area contributed by atoms with E-state index in [1.807, 2.05) is 12.1 Å². The first-order valence-corrected chi connectivity index (χ1v) is 6.77. The molecule has 0 spiro atoms. The fourth-order valence-electron chi connectivity index (χ4n) is 2.54. The van der Waals surface area contributed by atoms with Gasteiger partial charge in [0.15, 0.2) is 5.78 Å². The quantitative estimate of drug-likeness (QED) is 0.767. The Morgan fingerprint density at radius 2 is 2.11 bits per heavy atom. The summed E-state index contributed by atoms with van der Waals surface area (Å²) >= 11 is 0. The number of rotatable bonds is 3. The van der Waals surface area contributed by atoms with Crippen molar-refractivity contribution in [3.8, 4) is 0 Å². The summed E-state index contributed by atoms with van der Waals surface area (Å²) in [6, 6.07) is 3.71. The van der Waals surface area contributed by atoms with Crippen molar-refractivity contribution in [1.29, 1.82) is 0 Å². The van der Waals surface area contributed by atoms with Crippen molar-refractivity contribution in [3.63, 3.8) is 0 Å². The van der Waals surface area contributed by atoms with Crippen molar-refractivity contribution in [2.75, 3.05) is 18.0 Å². The Morgan fingerprint density at radius 1 is 1.44 bits per heavy atom. The Labute approximate surface area is 109 Å². The maximum Gasteiger partial charge on any atom is 0.163 e. The lowest BCUT2D eigenvalue weighted by molar-refractivity contribution is 0.101. The van der Waals surface area contributed by atoms with E-state index in [0.717, 1.165) is 24.5 Å². The van der Waals surface area contributed by atoms with Gasteiger partial charge in [-0.2, -0.15) is 0 Å². The molecule has 0 radical (unpaired) electrons. The molecule has 1 aromatic heterocycles. The molecule has 0 aromatic carbocycles. The summed E-state index contributed by atoms with van der Waals surface area (Å²) in [5.74, 6) is 0.963. The number of Topliss-reactive ketones (excluding diaryl/α,β-unsaturated/α-hetero) is 1. The van der Waals surface area contributed by atoms with Crippen LogP contribution in [0.2, 0.25) is 0 Å². The van der Waals surface area contributed by atoms with Gasteiger partial charge in [-0.1, -0.05) is 20.3 Å². The molecule has 2 heterocycles. The average Bonchev–Trinajstić information content (AvgIpc) is 2.39. The van der Waals surface area contributed by atoms with Gasteiger partial charge >= 0.3 is 0 Å². The highest BCUT2D eigenvalue weighted by Gasteiger charge is 2.29. The second-order valence-corrected chi connectivity index (χ2v) is 5.58. The second-order valence-electron chi connectivity index (χ2n) is 5.58. The fraction of sp³-hybridized carbons (Fsp3) is 0.600. The normalized spacial score (nSPS) is 18.7. The number of ketones is 1. The summed E-state index contributed by atoms with van der Waals surface area (Å²) in [5.41, 5.74) is 1.21. The van der Waals surface area contributed by atoms with Gasteiger partial charge in [0.2, 0.25) is 0 Å². The van der Waals surface area contributed by atoms with Crippen LogP contribution in [-0.2, 0) is 0 Å². The zero-order chi connectivity index (χ0) is 13.2. The van der Waals surface area contributed by atoms with Gasteiger partial charge in [-0.3, -0.25) is 4.79 Å². The summed E-state index contributed by atoms with van der Waals surface area (Å²) in [6.07, 6.45) is 5.35. The molecule has 0 unspecified atom stereocenters. The van der Waals surface area contributed by atoms with Crippen molar-refractivity contribution in [2.24, 2.45) is 5.41 Å². The van der Waals surface area contributed by atoms with Gasteiger partial charge in [0.25, 0.3) is 0 Å². The predicted octanol–water partition coefficient (Wildman–Crippen LogP) is 3.30. The second kappa shape index (κ2) is 5.09. The highest BCUT2D eigenvalue weighted by molar-refractivity contribution is 5.98. The number of hydrogen-bond acceptors (Lipinski definition) is 3. The number of carbonyl (C=O) groups is 1. The van der Waals surface area contributed by atoms with Crippen LogP contribution >= 0.6 is 0 Å². The Balaban J connectivity index is 2.17. The average molecular weight is 246 g/mol. The molecule has 0 saturated carbocycles. The number of carbonyl (C=O) groups excluding carboxylic acids is 1. The topological polar surface area (TPSA) is 33.2 Å². The van der Waals surface area contributed by atoms with Gasteiger partial charge in [-0.05, 0) is 37.3 Å². The summed E-state index contributed by atoms with van der Waals surface area (Å²) in [5, 5.41) is 0. The molecule has 0 N–H and O–H groups in total.